The van der Waals surface area contributed by atoms with E-state index in [1.165, 1.54) is 34.9 Å². The van der Waals surface area contributed by atoms with Gasteiger partial charge in [0, 0.05) is 19.2 Å². The number of nitrogens with zero attached hydrogens (tertiary/aromatic N) is 2. The van der Waals surface area contributed by atoms with E-state index < -0.39 is 11.1 Å². The predicted octanol–water partition coefficient (Wildman–Crippen LogP) is 4.38. The zero-order valence-electron chi connectivity index (χ0n) is 14.7. The number of carbonyl (C=O) groups excluding carboxylic acids is 2. The molecule has 1 N–H and O–H groups in total. The van der Waals surface area contributed by atoms with Crippen LogP contribution >= 0.6 is 23.4 Å². The van der Waals surface area contributed by atoms with Crippen LogP contribution in [0, 0.1) is 12.7 Å². The second-order valence-electron chi connectivity index (χ2n) is 6.11. The molecule has 140 valence electrons. The molecule has 2 aromatic carbocycles. The van der Waals surface area contributed by atoms with Crippen molar-refractivity contribution in [2.45, 2.75) is 18.6 Å². The van der Waals surface area contributed by atoms with E-state index in [0.29, 0.717) is 16.5 Å². The second-order valence-corrected chi connectivity index (χ2v) is 7.69. The number of aryl methyl sites for hydroxylation is 1. The third-order valence-corrected chi connectivity index (χ3v) is 5.49. The lowest BCUT2D eigenvalue weighted by molar-refractivity contribution is -0.127. The number of aliphatic imine (C=N–C) groups is 1. The standard InChI is InChI=1S/C19H17ClFN3O2S/c1-11-3-5-12(6-4-11)22-17(25)10-16-18(26)24(2)19(27-16)23-13-7-8-15(21)14(20)9-13/h3-9,16H,10H2,1-2H3,(H,22,25)/t16-/m0/s1. The molecule has 27 heavy (non-hydrogen) atoms. The number of halogens is 2. The van der Waals surface area contributed by atoms with Crippen LogP contribution in [0.25, 0.3) is 0 Å². The topological polar surface area (TPSA) is 61.8 Å². The zero-order valence-corrected chi connectivity index (χ0v) is 16.3. The van der Waals surface area contributed by atoms with Crippen LogP contribution in [0.3, 0.4) is 0 Å². The molecule has 0 unspecified atom stereocenters. The van der Waals surface area contributed by atoms with Crippen molar-refractivity contribution in [3.63, 3.8) is 0 Å². The van der Waals surface area contributed by atoms with E-state index >= 15 is 0 Å². The monoisotopic (exact) mass is 405 g/mol. The summed E-state index contributed by atoms with van der Waals surface area (Å²) in [7, 11) is 1.59. The van der Waals surface area contributed by atoms with Crippen LogP contribution in [0.1, 0.15) is 12.0 Å². The van der Waals surface area contributed by atoms with Crippen LogP contribution < -0.4 is 5.32 Å². The van der Waals surface area contributed by atoms with Crippen LogP contribution in [0.4, 0.5) is 15.8 Å². The molecule has 1 saturated heterocycles. The maximum absolute atomic E-state index is 13.3. The summed E-state index contributed by atoms with van der Waals surface area (Å²) in [5.41, 5.74) is 2.22. The van der Waals surface area contributed by atoms with E-state index in [2.05, 4.69) is 10.3 Å². The molecule has 5 nitrogen and oxygen atoms in total. The van der Waals surface area contributed by atoms with Crippen LogP contribution in [0.15, 0.2) is 47.5 Å². The molecule has 3 rings (SSSR count). The average Bonchev–Trinajstić information content (AvgIpc) is 2.88. The quantitative estimate of drug-likeness (QED) is 0.821. The summed E-state index contributed by atoms with van der Waals surface area (Å²) in [6.45, 7) is 1.96. The Hall–Kier alpha value is -2.38. The minimum atomic E-state index is -0.560. The van der Waals surface area contributed by atoms with E-state index in [1.807, 2.05) is 31.2 Å². The van der Waals surface area contributed by atoms with Crippen LogP contribution in [0.2, 0.25) is 5.02 Å². The third kappa shape index (κ3) is 4.67. The maximum Gasteiger partial charge on any atom is 0.242 e. The number of hydrogen-bond donors (Lipinski definition) is 1. The average molecular weight is 406 g/mol. The summed E-state index contributed by atoms with van der Waals surface area (Å²) in [4.78, 5) is 30.4. The summed E-state index contributed by atoms with van der Waals surface area (Å²) in [6, 6.07) is 11.5. The molecule has 0 saturated carbocycles. The molecule has 1 fully saturated rings. The number of hydrogen-bond acceptors (Lipinski definition) is 4. The largest absolute Gasteiger partial charge is 0.326 e. The SMILES string of the molecule is Cc1ccc(NC(=O)C[C@@H]2SC(=Nc3ccc(F)c(Cl)c3)N(C)C2=O)cc1. The molecule has 1 aliphatic rings. The summed E-state index contributed by atoms with van der Waals surface area (Å²) in [5.74, 6) is -0.982. The molecule has 8 heteroatoms. The third-order valence-electron chi connectivity index (χ3n) is 3.97. The van der Waals surface area contributed by atoms with Crippen molar-refractivity contribution in [2.75, 3.05) is 12.4 Å². The summed E-state index contributed by atoms with van der Waals surface area (Å²) in [6.07, 6.45) is 0.0326. The van der Waals surface area contributed by atoms with Gasteiger partial charge < -0.3 is 5.32 Å². The highest BCUT2D eigenvalue weighted by Gasteiger charge is 2.37. The van der Waals surface area contributed by atoms with Gasteiger partial charge in [0.15, 0.2) is 5.17 Å². The molecular formula is C19H17ClFN3O2S. The van der Waals surface area contributed by atoms with Crippen molar-refractivity contribution >= 4 is 51.7 Å². The number of amides is 2. The normalized spacial score (nSPS) is 18.2. The van der Waals surface area contributed by atoms with Gasteiger partial charge in [-0.3, -0.25) is 14.5 Å². The highest BCUT2D eigenvalue weighted by atomic mass is 35.5. The first kappa shape index (κ1) is 19.4. The Morgan fingerprint density at radius 3 is 2.67 bits per heavy atom. The Morgan fingerprint density at radius 1 is 1.30 bits per heavy atom. The van der Waals surface area contributed by atoms with Gasteiger partial charge in [-0.05, 0) is 37.3 Å². The van der Waals surface area contributed by atoms with Gasteiger partial charge in [0.25, 0.3) is 0 Å². The van der Waals surface area contributed by atoms with Gasteiger partial charge in [0.2, 0.25) is 11.8 Å². The van der Waals surface area contributed by atoms with Gasteiger partial charge in [0.05, 0.1) is 10.7 Å². The van der Waals surface area contributed by atoms with Gasteiger partial charge >= 0.3 is 0 Å². The van der Waals surface area contributed by atoms with E-state index in [4.69, 9.17) is 11.6 Å². The van der Waals surface area contributed by atoms with Crippen LogP contribution in [0.5, 0.6) is 0 Å². The number of thioether (sulfide) groups is 1. The maximum atomic E-state index is 13.3. The molecular weight excluding hydrogens is 389 g/mol. The minimum absolute atomic E-state index is 0.0326. The molecule has 0 spiro atoms. The first-order valence-corrected chi connectivity index (χ1v) is 9.44. The van der Waals surface area contributed by atoms with E-state index in [0.717, 1.165) is 5.56 Å². The number of benzene rings is 2. The molecule has 1 aliphatic heterocycles. The molecule has 1 heterocycles. The highest BCUT2D eigenvalue weighted by Crippen LogP contribution is 2.31. The van der Waals surface area contributed by atoms with Crippen molar-refractivity contribution in [2.24, 2.45) is 4.99 Å². The number of rotatable bonds is 4. The van der Waals surface area contributed by atoms with Crippen molar-refractivity contribution in [3.05, 3.63) is 58.9 Å². The van der Waals surface area contributed by atoms with Gasteiger partial charge in [0.1, 0.15) is 11.1 Å². The molecule has 0 radical (unpaired) electrons. The number of carbonyl (C=O) groups is 2. The fourth-order valence-electron chi connectivity index (χ4n) is 2.48. The number of anilines is 1. The van der Waals surface area contributed by atoms with Crippen molar-refractivity contribution in [1.82, 2.24) is 4.90 Å². The molecule has 2 aromatic rings. The van der Waals surface area contributed by atoms with Gasteiger partial charge in [-0.1, -0.05) is 41.1 Å². The fourth-order valence-corrected chi connectivity index (χ4v) is 3.81. The van der Waals surface area contributed by atoms with Crippen LogP contribution in [-0.2, 0) is 9.59 Å². The second kappa shape index (κ2) is 8.10. The number of amidine groups is 1. The molecule has 0 aromatic heterocycles. The Morgan fingerprint density at radius 2 is 2.00 bits per heavy atom. The van der Waals surface area contributed by atoms with Gasteiger partial charge in [-0.15, -0.1) is 0 Å². The molecule has 0 aliphatic carbocycles. The van der Waals surface area contributed by atoms with Crippen molar-refractivity contribution in [1.29, 1.82) is 0 Å². The number of nitrogens with one attached hydrogen (secondary N) is 1. The lowest BCUT2D eigenvalue weighted by Gasteiger charge is -2.09. The van der Waals surface area contributed by atoms with Crippen molar-refractivity contribution < 1.29 is 14.0 Å². The molecule has 0 bridgehead atoms. The predicted molar refractivity (Wildman–Crippen MR) is 107 cm³/mol. The Bertz CT molecular complexity index is 918. The summed E-state index contributed by atoms with van der Waals surface area (Å²) < 4.78 is 13.3. The van der Waals surface area contributed by atoms with Gasteiger partial charge in [-0.2, -0.15) is 0 Å². The van der Waals surface area contributed by atoms with Crippen LogP contribution in [-0.4, -0.2) is 34.2 Å². The Kier molecular flexibility index (Phi) is 5.82. The van der Waals surface area contributed by atoms with Gasteiger partial charge in [-0.25, -0.2) is 9.38 Å². The fraction of sp³-hybridized carbons (Fsp3) is 0.211. The summed E-state index contributed by atoms with van der Waals surface area (Å²) in [5, 5.41) is 2.63. The zero-order chi connectivity index (χ0) is 19.6. The first-order chi connectivity index (χ1) is 12.8. The molecule has 1 atom stereocenters. The van der Waals surface area contributed by atoms with E-state index in [9.17, 15) is 14.0 Å². The smallest absolute Gasteiger partial charge is 0.242 e. The Labute approximate surface area is 165 Å². The first-order valence-electron chi connectivity index (χ1n) is 8.18. The lowest BCUT2D eigenvalue weighted by atomic mass is 10.2. The van der Waals surface area contributed by atoms with Crippen molar-refractivity contribution in [3.8, 4) is 0 Å². The summed E-state index contributed by atoms with van der Waals surface area (Å²) >= 11 is 6.97. The lowest BCUT2D eigenvalue weighted by Crippen LogP contribution is -2.30. The van der Waals surface area contributed by atoms with E-state index in [1.54, 1.807) is 7.05 Å². The highest BCUT2D eigenvalue weighted by molar-refractivity contribution is 8.15. The van der Waals surface area contributed by atoms with E-state index in [-0.39, 0.29) is 23.3 Å². The Balaban J connectivity index is 1.67. The molecule has 2 amide bonds. The minimum Gasteiger partial charge on any atom is -0.326 e.